The molecule has 2 aliphatic carbocycles. The molecule has 0 bridgehead atoms. The second-order valence-corrected chi connectivity index (χ2v) is 7.86. The van der Waals surface area contributed by atoms with Gasteiger partial charge in [0.05, 0.1) is 5.92 Å². The van der Waals surface area contributed by atoms with Crippen molar-refractivity contribution >= 4 is 17.5 Å². The largest absolute Gasteiger partial charge is 0.454 e. The summed E-state index contributed by atoms with van der Waals surface area (Å²) in [7, 11) is 0. The number of ether oxygens (including phenoxy) is 2. The van der Waals surface area contributed by atoms with Crippen molar-refractivity contribution in [2.75, 3.05) is 18.2 Å². The topological polar surface area (TPSA) is 59.1 Å². The zero-order valence-corrected chi connectivity index (χ0v) is 14.9. The van der Waals surface area contributed by atoms with E-state index in [-0.39, 0.29) is 24.5 Å². The van der Waals surface area contributed by atoms with Crippen LogP contribution in [0.15, 0.2) is 18.2 Å². The standard InChI is InChI=1S/C20H24N2O4/c23-19-9-13(20(24)22(15-5-6-15)14-3-1-2-4-14)11-21(19)16-7-8-17-18(10-16)26-12-25-17/h7-8,10,13-15H,1-6,9,11-12H2. The minimum absolute atomic E-state index is 0.0179. The normalized spacial score (nSPS) is 25.2. The van der Waals surface area contributed by atoms with E-state index >= 15 is 0 Å². The molecule has 26 heavy (non-hydrogen) atoms. The Labute approximate surface area is 153 Å². The van der Waals surface area contributed by atoms with Gasteiger partial charge >= 0.3 is 0 Å². The van der Waals surface area contributed by atoms with Crippen molar-refractivity contribution < 1.29 is 19.1 Å². The number of rotatable bonds is 4. The number of amides is 2. The summed E-state index contributed by atoms with van der Waals surface area (Å²) in [5, 5.41) is 0. The first-order chi connectivity index (χ1) is 12.7. The molecule has 0 N–H and O–H groups in total. The van der Waals surface area contributed by atoms with Gasteiger partial charge < -0.3 is 19.3 Å². The summed E-state index contributed by atoms with van der Waals surface area (Å²) < 4.78 is 10.8. The molecule has 1 unspecified atom stereocenters. The highest BCUT2D eigenvalue weighted by atomic mass is 16.7. The molecule has 138 valence electrons. The SMILES string of the molecule is O=C1CC(C(=O)N(C2CCCC2)C2CC2)CN1c1ccc2c(c1)OCO2. The van der Waals surface area contributed by atoms with E-state index in [4.69, 9.17) is 9.47 Å². The summed E-state index contributed by atoms with van der Waals surface area (Å²) >= 11 is 0. The number of fused-ring (bicyclic) bond motifs is 1. The molecule has 6 heteroatoms. The van der Waals surface area contributed by atoms with Crippen LogP contribution in [0.5, 0.6) is 11.5 Å². The highest BCUT2D eigenvalue weighted by Crippen LogP contribution is 2.39. The number of hydrogen-bond acceptors (Lipinski definition) is 4. The summed E-state index contributed by atoms with van der Waals surface area (Å²) in [4.78, 5) is 29.7. The second kappa shape index (κ2) is 6.18. The van der Waals surface area contributed by atoms with E-state index < -0.39 is 0 Å². The van der Waals surface area contributed by atoms with Gasteiger partial charge in [-0.3, -0.25) is 9.59 Å². The van der Waals surface area contributed by atoms with E-state index in [9.17, 15) is 9.59 Å². The predicted molar refractivity (Wildman–Crippen MR) is 95.1 cm³/mol. The van der Waals surface area contributed by atoms with Crippen LogP contribution in [0.2, 0.25) is 0 Å². The van der Waals surface area contributed by atoms with Crippen molar-refractivity contribution in [3.8, 4) is 11.5 Å². The molecule has 3 fully saturated rings. The van der Waals surface area contributed by atoms with E-state index in [2.05, 4.69) is 4.90 Å². The maximum Gasteiger partial charge on any atom is 0.231 e. The van der Waals surface area contributed by atoms with Crippen molar-refractivity contribution in [1.29, 1.82) is 0 Å². The Hall–Kier alpha value is -2.24. The van der Waals surface area contributed by atoms with Crippen LogP contribution < -0.4 is 14.4 Å². The summed E-state index contributed by atoms with van der Waals surface area (Å²) in [6, 6.07) is 6.34. The maximum atomic E-state index is 13.2. The van der Waals surface area contributed by atoms with Gasteiger partial charge in [0.1, 0.15) is 0 Å². The van der Waals surface area contributed by atoms with E-state index in [1.807, 2.05) is 18.2 Å². The number of hydrogen-bond donors (Lipinski definition) is 0. The van der Waals surface area contributed by atoms with Gasteiger partial charge in [0.15, 0.2) is 11.5 Å². The van der Waals surface area contributed by atoms with Gasteiger partial charge in [0.25, 0.3) is 0 Å². The van der Waals surface area contributed by atoms with Crippen LogP contribution in [0.25, 0.3) is 0 Å². The molecule has 2 aliphatic heterocycles. The van der Waals surface area contributed by atoms with Crippen molar-refractivity contribution in [2.45, 2.75) is 57.0 Å². The van der Waals surface area contributed by atoms with Gasteiger partial charge in [-0.15, -0.1) is 0 Å². The number of anilines is 1. The summed E-state index contributed by atoms with van der Waals surface area (Å²) in [5.41, 5.74) is 0.786. The number of carbonyl (C=O) groups excluding carboxylic acids is 2. The Bertz CT molecular complexity index is 739. The molecule has 6 nitrogen and oxygen atoms in total. The molecule has 1 saturated heterocycles. The molecule has 1 aromatic carbocycles. The number of carbonyl (C=O) groups is 2. The summed E-state index contributed by atoms with van der Waals surface area (Å²) in [6.45, 7) is 0.679. The Morgan fingerprint density at radius 3 is 2.54 bits per heavy atom. The van der Waals surface area contributed by atoms with Crippen LogP contribution in [0, 0.1) is 5.92 Å². The molecule has 2 saturated carbocycles. The molecule has 1 atom stereocenters. The van der Waals surface area contributed by atoms with Crippen LogP contribution in [0.3, 0.4) is 0 Å². The molecular weight excluding hydrogens is 332 g/mol. The quantitative estimate of drug-likeness (QED) is 0.832. The van der Waals surface area contributed by atoms with E-state index in [0.29, 0.717) is 36.5 Å². The predicted octanol–water partition coefficient (Wildman–Crippen LogP) is 2.70. The van der Waals surface area contributed by atoms with Gasteiger partial charge in [0.2, 0.25) is 18.6 Å². The first-order valence-electron chi connectivity index (χ1n) is 9.73. The van der Waals surface area contributed by atoms with Gasteiger partial charge in [-0.1, -0.05) is 12.8 Å². The van der Waals surface area contributed by atoms with Gasteiger partial charge in [-0.2, -0.15) is 0 Å². The molecule has 2 amide bonds. The zero-order chi connectivity index (χ0) is 17.7. The maximum absolute atomic E-state index is 13.2. The zero-order valence-electron chi connectivity index (χ0n) is 14.9. The Balaban J connectivity index is 1.33. The number of nitrogens with zero attached hydrogens (tertiary/aromatic N) is 2. The molecule has 0 aromatic heterocycles. The second-order valence-electron chi connectivity index (χ2n) is 7.86. The Kier molecular flexibility index (Phi) is 3.80. The van der Waals surface area contributed by atoms with Crippen LogP contribution in [-0.4, -0.2) is 42.1 Å². The lowest BCUT2D eigenvalue weighted by atomic mass is 10.0. The Morgan fingerprint density at radius 1 is 1.04 bits per heavy atom. The smallest absolute Gasteiger partial charge is 0.231 e. The van der Waals surface area contributed by atoms with E-state index in [1.54, 1.807) is 4.90 Å². The minimum Gasteiger partial charge on any atom is -0.454 e. The average molecular weight is 356 g/mol. The monoisotopic (exact) mass is 356 g/mol. The van der Waals surface area contributed by atoms with Crippen LogP contribution in [-0.2, 0) is 9.59 Å². The third-order valence-electron chi connectivity index (χ3n) is 6.05. The first kappa shape index (κ1) is 16.0. The summed E-state index contributed by atoms with van der Waals surface area (Å²) in [6.07, 6.45) is 7.22. The lowest BCUT2D eigenvalue weighted by Gasteiger charge is -2.31. The highest BCUT2D eigenvalue weighted by molar-refractivity contribution is 6.00. The first-order valence-corrected chi connectivity index (χ1v) is 9.73. The Morgan fingerprint density at radius 2 is 1.77 bits per heavy atom. The van der Waals surface area contributed by atoms with Crippen LogP contribution in [0.1, 0.15) is 44.9 Å². The van der Waals surface area contributed by atoms with Crippen molar-refractivity contribution in [3.05, 3.63) is 18.2 Å². The third kappa shape index (κ3) is 2.72. The van der Waals surface area contributed by atoms with Crippen LogP contribution >= 0.6 is 0 Å². The van der Waals surface area contributed by atoms with Gasteiger partial charge in [-0.05, 0) is 37.8 Å². The lowest BCUT2D eigenvalue weighted by Crippen LogP contribution is -2.44. The molecule has 4 aliphatic rings. The molecule has 1 aromatic rings. The fourth-order valence-corrected chi connectivity index (χ4v) is 4.58. The van der Waals surface area contributed by atoms with Gasteiger partial charge in [0, 0.05) is 36.8 Å². The lowest BCUT2D eigenvalue weighted by molar-refractivity contribution is -0.138. The molecule has 0 spiro atoms. The van der Waals surface area contributed by atoms with Crippen molar-refractivity contribution in [3.63, 3.8) is 0 Å². The molecule has 5 rings (SSSR count). The van der Waals surface area contributed by atoms with E-state index in [1.165, 1.54) is 12.8 Å². The highest BCUT2D eigenvalue weighted by Gasteiger charge is 2.44. The van der Waals surface area contributed by atoms with Crippen molar-refractivity contribution in [2.24, 2.45) is 5.92 Å². The van der Waals surface area contributed by atoms with Gasteiger partial charge in [-0.25, -0.2) is 0 Å². The fraction of sp³-hybridized carbons (Fsp3) is 0.600. The molecule has 2 heterocycles. The summed E-state index contributed by atoms with van der Waals surface area (Å²) in [5.74, 6) is 1.35. The average Bonchev–Trinajstić information content (AvgIpc) is 3.05. The van der Waals surface area contributed by atoms with Crippen LogP contribution in [0.4, 0.5) is 5.69 Å². The minimum atomic E-state index is -0.228. The third-order valence-corrected chi connectivity index (χ3v) is 6.05. The fourth-order valence-electron chi connectivity index (χ4n) is 4.58. The molecular formula is C20H24N2O4. The molecule has 0 radical (unpaired) electrons. The number of benzene rings is 1. The van der Waals surface area contributed by atoms with Crippen molar-refractivity contribution in [1.82, 2.24) is 4.90 Å². The van der Waals surface area contributed by atoms with E-state index in [0.717, 1.165) is 31.4 Å².